The van der Waals surface area contributed by atoms with Gasteiger partial charge in [-0.2, -0.15) is 4.31 Å². The van der Waals surface area contributed by atoms with Crippen LogP contribution in [0.25, 0.3) is 0 Å². The van der Waals surface area contributed by atoms with Crippen molar-refractivity contribution in [2.45, 2.75) is 57.4 Å². The van der Waals surface area contributed by atoms with E-state index in [1.165, 1.54) is 23.4 Å². The molecule has 8 heteroatoms. The molecule has 0 bridgehead atoms. The number of benzene rings is 1. The first kappa shape index (κ1) is 21.4. The molecule has 1 aliphatic rings. The molecule has 1 aliphatic heterocycles. The first-order chi connectivity index (χ1) is 12.7. The van der Waals surface area contributed by atoms with Crippen LogP contribution in [0, 0.1) is 5.92 Å². The highest BCUT2D eigenvalue weighted by Crippen LogP contribution is 2.22. The summed E-state index contributed by atoms with van der Waals surface area (Å²) in [6, 6.07) is 6.19. The van der Waals surface area contributed by atoms with E-state index in [0.29, 0.717) is 44.0 Å². The van der Waals surface area contributed by atoms with Crippen molar-refractivity contribution in [1.82, 2.24) is 9.62 Å². The Bertz CT molecular complexity index is 752. The Hall–Kier alpha value is -1.93. The highest BCUT2D eigenvalue weighted by atomic mass is 32.2. The molecule has 0 spiro atoms. The molecule has 0 radical (unpaired) electrons. The number of hydrogen-bond acceptors (Lipinski definition) is 4. The molecule has 0 aliphatic carbocycles. The summed E-state index contributed by atoms with van der Waals surface area (Å²) in [5, 5.41) is 5.63. The second-order valence-electron chi connectivity index (χ2n) is 7.38. The molecular formula is C19H29N3O4S. The summed E-state index contributed by atoms with van der Waals surface area (Å²) in [7, 11) is -3.57. The van der Waals surface area contributed by atoms with Crippen molar-refractivity contribution in [2.24, 2.45) is 5.92 Å². The molecule has 1 heterocycles. The second-order valence-corrected chi connectivity index (χ2v) is 9.32. The molecule has 2 rings (SSSR count). The van der Waals surface area contributed by atoms with E-state index >= 15 is 0 Å². The van der Waals surface area contributed by atoms with Gasteiger partial charge in [0.15, 0.2) is 0 Å². The summed E-state index contributed by atoms with van der Waals surface area (Å²) in [6.45, 7) is 6.32. The van der Waals surface area contributed by atoms with Crippen molar-refractivity contribution in [1.29, 1.82) is 0 Å². The zero-order chi connectivity index (χ0) is 20.0. The van der Waals surface area contributed by atoms with Crippen molar-refractivity contribution in [3.8, 4) is 0 Å². The molecule has 150 valence electrons. The molecule has 1 saturated heterocycles. The molecule has 1 aromatic carbocycles. The smallest absolute Gasteiger partial charge is 0.243 e. The van der Waals surface area contributed by atoms with Crippen LogP contribution in [-0.4, -0.2) is 43.7 Å². The minimum Gasteiger partial charge on any atom is -0.353 e. The van der Waals surface area contributed by atoms with Crippen molar-refractivity contribution in [3.05, 3.63) is 24.3 Å². The number of carbonyl (C=O) groups excluding carboxylic acids is 2. The van der Waals surface area contributed by atoms with Crippen LogP contribution in [0.15, 0.2) is 29.2 Å². The van der Waals surface area contributed by atoms with E-state index in [4.69, 9.17) is 0 Å². The number of piperidine rings is 1. The third-order valence-corrected chi connectivity index (χ3v) is 6.49. The van der Waals surface area contributed by atoms with Gasteiger partial charge in [0.1, 0.15) is 0 Å². The maximum atomic E-state index is 12.8. The van der Waals surface area contributed by atoms with Crippen molar-refractivity contribution < 1.29 is 18.0 Å². The Kier molecular flexibility index (Phi) is 7.38. The molecule has 0 aromatic heterocycles. The zero-order valence-corrected chi connectivity index (χ0v) is 17.0. The monoisotopic (exact) mass is 395 g/mol. The lowest BCUT2D eigenvalue weighted by Gasteiger charge is -2.31. The predicted octanol–water partition coefficient (Wildman–Crippen LogP) is 2.35. The highest BCUT2D eigenvalue weighted by Gasteiger charge is 2.29. The molecule has 7 nitrogen and oxygen atoms in total. The Morgan fingerprint density at radius 2 is 1.74 bits per heavy atom. The predicted molar refractivity (Wildman–Crippen MR) is 105 cm³/mol. The first-order valence-corrected chi connectivity index (χ1v) is 10.8. The number of anilines is 1. The minimum absolute atomic E-state index is 0.0262. The Morgan fingerprint density at radius 3 is 2.26 bits per heavy atom. The maximum absolute atomic E-state index is 12.8. The van der Waals surface area contributed by atoms with Crippen LogP contribution in [0.2, 0.25) is 0 Å². The summed E-state index contributed by atoms with van der Waals surface area (Å²) in [6.07, 6.45) is 2.58. The van der Waals surface area contributed by atoms with Gasteiger partial charge in [0.05, 0.1) is 4.90 Å². The molecule has 0 saturated carbocycles. The van der Waals surface area contributed by atoms with E-state index in [-0.39, 0.29) is 22.8 Å². The summed E-state index contributed by atoms with van der Waals surface area (Å²) >= 11 is 0. The van der Waals surface area contributed by atoms with Gasteiger partial charge in [-0.25, -0.2) is 8.42 Å². The number of sulfonamides is 1. The van der Waals surface area contributed by atoms with E-state index in [1.54, 1.807) is 12.1 Å². The Labute approximate surface area is 161 Å². The summed E-state index contributed by atoms with van der Waals surface area (Å²) in [5.74, 6) is 0.321. The quantitative estimate of drug-likeness (QED) is 0.741. The lowest BCUT2D eigenvalue weighted by molar-refractivity contribution is -0.122. The van der Waals surface area contributed by atoms with E-state index in [1.807, 2.05) is 0 Å². The fraction of sp³-hybridized carbons (Fsp3) is 0.579. The van der Waals surface area contributed by atoms with Crippen molar-refractivity contribution in [3.63, 3.8) is 0 Å². The molecular weight excluding hydrogens is 366 g/mol. The molecule has 27 heavy (non-hydrogen) atoms. The second kappa shape index (κ2) is 9.32. The van der Waals surface area contributed by atoms with Crippen LogP contribution in [0.5, 0.6) is 0 Å². The minimum atomic E-state index is -3.57. The van der Waals surface area contributed by atoms with Crippen molar-refractivity contribution in [2.75, 3.05) is 18.4 Å². The zero-order valence-electron chi connectivity index (χ0n) is 16.2. The molecule has 2 N–H and O–H groups in total. The first-order valence-electron chi connectivity index (χ1n) is 9.35. The van der Waals surface area contributed by atoms with Gasteiger partial charge >= 0.3 is 0 Å². The van der Waals surface area contributed by atoms with E-state index < -0.39 is 10.0 Å². The van der Waals surface area contributed by atoms with Crippen LogP contribution >= 0.6 is 0 Å². The van der Waals surface area contributed by atoms with Crippen LogP contribution in [0.4, 0.5) is 5.69 Å². The standard InChI is InChI=1S/C19H29N3O4S/c1-14(2)4-9-19(24)21-17-10-12-22(13-11-17)27(25,26)18-7-5-16(6-8-18)20-15(3)23/h5-8,14,17H,4,9-13H2,1-3H3,(H,20,23)(H,21,24). The summed E-state index contributed by atoms with van der Waals surface area (Å²) in [4.78, 5) is 23.2. The fourth-order valence-electron chi connectivity index (χ4n) is 3.02. The van der Waals surface area contributed by atoms with Gasteiger partial charge in [-0.1, -0.05) is 13.8 Å². The fourth-order valence-corrected chi connectivity index (χ4v) is 4.49. The van der Waals surface area contributed by atoms with E-state index in [0.717, 1.165) is 6.42 Å². The van der Waals surface area contributed by atoms with Gasteiger partial charge in [-0.3, -0.25) is 9.59 Å². The molecule has 1 aromatic rings. The lowest BCUT2D eigenvalue weighted by atomic mass is 10.0. The van der Waals surface area contributed by atoms with Crippen LogP contribution in [-0.2, 0) is 19.6 Å². The number of carbonyl (C=O) groups is 2. The van der Waals surface area contributed by atoms with E-state index in [9.17, 15) is 18.0 Å². The topological polar surface area (TPSA) is 95.6 Å². The van der Waals surface area contributed by atoms with Crippen molar-refractivity contribution >= 4 is 27.5 Å². The lowest BCUT2D eigenvalue weighted by Crippen LogP contribution is -2.46. The number of amides is 2. The number of nitrogens with one attached hydrogen (secondary N) is 2. The van der Waals surface area contributed by atoms with Crippen LogP contribution < -0.4 is 10.6 Å². The number of rotatable bonds is 7. The number of nitrogens with zero attached hydrogens (tertiary/aromatic N) is 1. The maximum Gasteiger partial charge on any atom is 0.243 e. The van der Waals surface area contributed by atoms with Crippen LogP contribution in [0.1, 0.15) is 46.5 Å². The SMILES string of the molecule is CC(=O)Nc1ccc(S(=O)(=O)N2CCC(NC(=O)CCC(C)C)CC2)cc1. The number of hydrogen-bond donors (Lipinski definition) is 2. The third-order valence-electron chi connectivity index (χ3n) is 4.58. The van der Waals surface area contributed by atoms with Gasteiger partial charge < -0.3 is 10.6 Å². The third kappa shape index (κ3) is 6.32. The van der Waals surface area contributed by atoms with Gasteiger partial charge in [-0.15, -0.1) is 0 Å². The van der Waals surface area contributed by atoms with Gasteiger partial charge in [0.2, 0.25) is 21.8 Å². The van der Waals surface area contributed by atoms with Gasteiger partial charge in [0, 0.05) is 38.2 Å². The molecule has 0 unspecified atom stereocenters. The molecule has 2 amide bonds. The molecule has 1 fully saturated rings. The average Bonchev–Trinajstić information content (AvgIpc) is 2.60. The largest absolute Gasteiger partial charge is 0.353 e. The summed E-state index contributed by atoms with van der Waals surface area (Å²) in [5.41, 5.74) is 0.560. The van der Waals surface area contributed by atoms with Gasteiger partial charge in [0.25, 0.3) is 0 Å². The average molecular weight is 396 g/mol. The van der Waals surface area contributed by atoms with Gasteiger partial charge in [-0.05, 0) is 49.4 Å². The molecule has 0 atom stereocenters. The highest BCUT2D eigenvalue weighted by molar-refractivity contribution is 7.89. The normalized spacial score (nSPS) is 16.3. The Balaban J connectivity index is 1.90. The Morgan fingerprint density at radius 1 is 1.15 bits per heavy atom. The van der Waals surface area contributed by atoms with E-state index in [2.05, 4.69) is 24.5 Å². The summed E-state index contributed by atoms with van der Waals surface area (Å²) < 4.78 is 27.0. The van der Waals surface area contributed by atoms with Crippen LogP contribution in [0.3, 0.4) is 0 Å².